The van der Waals surface area contributed by atoms with Gasteiger partial charge in [0.25, 0.3) is 11.8 Å². The van der Waals surface area contributed by atoms with Gasteiger partial charge in [-0.1, -0.05) is 59.8 Å². The number of amides is 2. The largest absolute Gasteiger partial charge is 0.495 e. The number of thioether (sulfide) groups is 1. The first-order valence-corrected chi connectivity index (χ1v) is 12.3. The molecule has 0 aliphatic carbocycles. The van der Waals surface area contributed by atoms with Gasteiger partial charge in [0, 0.05) is 5.02 Å². The molecule has 1 fully saturated rings. The lowest BCUT2D eigenvalue weighted by Gasteiger charge is -2.14. The van der Waals surface area contributed by atoms with Crippen LogP contribution in [0.1, 0.15) is 5.56 Å². The summed E-state index contributed by atoms with van der Waals surface area (Å²) < 4.78 is 16.8. The Balaban J connectivity index is 1.45. The van der Waals surface area contributed by atoms with Crippen molar-refractivity contribution >= 4 is 69.2 Å². The van der Waals surface area contributed by atoms with E-state index in [1.54, 1.807) is 66.7 Å². The molecule has 0 spiro atoms. The summed E-state index contributed by atoms with van der Waals surface area (Å²) in [5.41, 5.74) is 1.87. The predicted molar refractivity (Wildman–Crippen MR) is 147 cm³/mol. The summed E-state index contributed by atoms with van der Waals surface area (Å²) in [6.45, 7) is -0.230. The van der Waals surface area contributed by atoms with E-state index in [-0.39, 0.29) is 18.4 Å². The molecule has 36 heavy (non-hydrogen) atoms. The number of thiocarbonyl (C=S) groups is 1. The zero-order valence-corrected chi connectivity index (χ0v) is 21.7. The molecule has 1 N–H and O–H groups in total. The highest BCUT2D eigenvalue weighted by Gasteiger charge is 2.33. The predicted octanol–water partition coefficient (Wildman–Crippen LogP) is 5.78. The van der Waals surface area contributed by atoms with Crippen molar-refractivity contribution < 1.29 is 23.8 Å². The van der Waals surface area contributed by atoms with Crippen LogP contribution in [0, 0.1) is 0 Å². The van der Waals surface area contributed by atoms with Crippen LogP contribution in [0.25, 0.3) is 6.08 Å². The number of anilines is 2. The molecule has 7 nitrogen and oxygen atoms in total. The van der Waals surface area contributed by atoms with Crippen molar-refractivity contribution in [3.63, 3.8) is 0 Å². The van der Waals surface area contributed by atoms with Crippen molar-refractivity contribution in [2.75, 3.05) is 31.0 Å². The fourth-order valence-corrected chi connectivity index (χ4v) is 4.91. The lowest BCUT2D eigenvalue weighted by atomic mass is 10.2. The third-order valence-electron chi connectivity index (χ3n) is 5.09. The molecule has 1 saturated heterocycles. The lowest BCUT2D eigenvalue weighted by Crippen LogP contribution is -2.27. The fraction of sp³-hybridized carbons (Fsp3) is 0.115. The van der Waals surface area contributed by atoms with Crippen molar-refractivity contribution in [2.24, 2.45) is 0 Å². The van der Waals surface area contributed by atoms with Crippen molar-refractivity contribution in [1.82, 2.24) is 0 Å². The zero-order valence-electron chi connectivity index (χ0n) is 19.3. The van der Waals surface area contributed by atoms with Gasteiger partial charge in [-0.25, -0.2) is 0 Å². The molecule has 3 aromatic carbocycles. The smallest absolute Gasteiger partial charge is 0.270 e. The van der Waals surface area contributed by atoms with Gasteiger partial charge in [-0.05, 0) is 54.1 Å². The van der Waals surface area contributed by atoms with Crippen LogP contribution < -0.4 is 24.4 Å². The van der Waals surface area contributed by atoms with Crippen LogP contribution in [-0.2, 0) is 9.59 Å². The van der Waals surface area contributed by atoms with Crippen LogP contribution in [0.15, 0.2) is 71.6 Å². The first kappa shape index (κ1) is 25.6. The SMILES string of the molecule is COc1ccccc1NC(=O)COc1ccc(/C=C2/SC(=S)N(c3cccc(Cl)c3)C2=O)cc1OC. The summed E-state index contributed by atoms with van der Waals surface area (Å²) in [6, 6.07) is 19.2. The molecule has 184 valence electrons. The molecule has 3 aromatic rings. The lowest BCUT2D eigenvalue weighted by molar-refractivity contribution is -0.118. The molecule has 1 aliphatic rings. The number of benzene rings is 3. The van der Waals surface area contributed by atoms with Crippen LogP contribution in [0.3, 0.4) is 0 Å². The molecule has 2 amide bonds. The van der Waals surface area contributed by atoms with Crippen LogP contribution in [0.2, 0.25) is 5.02 Å². The van der Waals surface area contributed by atoms with Crippen LogP contribution in [-0.4, -0.2) is 37.0 Å². The number of carbonyl (C=O) groups is 2. The summed E-state index contributed by atoms with van der Waals surface area (Å²) in [4.78, 5) is 27.3. The normalized spacial score (nSPS) is 14.2. The minimum absolute atomic E-state index is 0.230. The summed E-state index contributed by atoms with van der Waals surface area (Å²) in [5, 5.41) is 3.27. The number of halogens is 1. The van der Waals surface area contributed by atoms with E-state index in [0.29, 0.717) is 48.4 Å². The molecule has 0 unspecified atom stereocenters. The summed E-state index contributed by atoms with van der Waals surface area (Å²) in [5.74, 6) is 0.763. The average Bonchev–Trinajstić information content (AvgIpc) is 3.15. The third-order valence-corrected chi connectivity index (χ3v) is 6.62. The highest BCUT2D eigenvalue weighted by molar-refractivity contribution is 8.27. The number of rotatable bonds is 8. The third kappa shape index (κ3) is 5.81. The Morgan fingerprint density at radius 3 is 2.56 bits per heavy atom. The molecule has 0 bridgehead atoms. The second-order valence-electron chi connectivity index (χ2n) is 7.44. The quantitative estimate of drug-likeness (QED) is 0.286. The zero-order chi connectivity index (χ0) is 25.7. The van der Waals surface area contributed by atoms with E-state index in [2.05, 4.69) is 5.32 Å². The van der Waals surface area contributed by atoms with Gasteiger partial charge in [-0.3, -0.25) is 14.5 Å². The Labute approximate surface area is 223 Å². The summed E-state index contributed by atoms with van der Waals surface area (Å²) in [6.07, 6.45) is 1.73. The van der Waals surface area contributed by atoms with Gasteiger partial charge in [0.05, 0.1) is 30.5 Å². The minimum atomic E-state index is -0.352. The van der Waals surface area contributed by atoms with Gasteiger partial charge >= 0.3 is 0 Å². The molecule has 1 aliphatic heterocycles. The molecule has 10 heteroatoms. The first-order chi connectivity index (χ1) is 17.4. The molecule has 0 radical (unpaired) electrons. The van der Waals surface area contributed by atoms with Gasteiger partial charge in [-0.2, -0.15) is 0 Å². The number of carbonyl (C=O) groups excluding carboxylic acids is 2. The number of hydrogen-bond donors (Lipinski definition) is 1. The van der Waals surface area contributed by atoms with Gasteiger partial charge in [0.2, 0.25) is 0 Å². The molecule has 4 rings (SSSR count). The van der Waals surface area contributed by atoms with E-state index in [4.69, 9.17) is 38.0 Å². The van der Waals surface area contributed by atoms with Gasteiger partial charge in [0.1, 0.15) is 5.75 Å². The molecule has 0 aromatic heterocycles. The second-order valence-corrected chi connectivity index (χ2v) is 9.56. The van der Waals surface area contributed by atoms with E-state index in [1.807, 2.05) is 6.07 Å². The maximum atomic E-state index is 13.0. The number of hydrogen-bond acceptors (Lipinski definition) is 7. The Hall–Kier alpha value is -3.53. The molecule has 0 atom stereocenters. The Morgan fingerprint density at radius 2 is 1.81 bits per heavy atom. The van der Waals surface area contributed by atoms with Crippen LogP contribution >= 0.6 is 35.6 Å². The van der Waals surface area contributed by atoms with Crippen molar-refractivity contribution in [3.05, 3.63) is 82.2 Å². The number of nitrogens with one attached hydrogen (secondary N) is 1. The number of nitrogens with zero attached hydrogens (tertiary/aromatic N) is 1. The molecular formula is C26H21ClN2O5S2. The van der Waals surface area contributed by atoms with Gasteiger partial charge in [0.15, 0.2) is 22.4 Å². The topological polar surface area (TPSA) is 77.1 Å². The Morgan fingerprint density at radius 1 is 1.03 bits per heavy atom. The highest BCUT2D eigenvalue weighted by Crippen LogP contribution is 2.37. The fourth-order valence-electron chi connectivity index (χ4n) is 3.43. The number of methoxy groups -OCH3 is 2. The van der Waals surface area contributed by atoms with Crippen LogP contribution in [0.5, 0.6) is 17.2 Å². The maximum absolute atomic E-state index is 13.0. The minimum Gasteiger partial charge on any atom is -0.495 e. The van der Waals surface area contributed by atoms with E-state index >= 15 is 0 Å². The van der Waals surface area contributed by atoms with Gasteiger partial charge < -0.3 is 19.5 Å². The highest BCUT2D eigenvalue weighted by atomic mass is 35.5. The molecular weight excluding hydrogens is 520 g/mol. The summed E-state index contributed by atoms with van der Waals surface area (Å²) in [7, 11) is 3.03. The van der Waals surface area contributed by atoms with Crippen molar-refractivity contribution in [3.8, 4) is 17.2 Å². The van der Waals surface area contributed by atoms with Crippen molar-refractivity contribution in [2.45, 2.75) is 0 Å². The van der Waals surface area contributed by atoms with E-state index < -0.39 is 0 Å². The second kappa shape index (κ2) is 11.5. The van der Waals surface area contributed by atoms with Crippen LogP contribution in [0.4, 0.5) is 11.4 Å². The Kier molecular flexibility index (Phi) is 8.14. The van der Waals surface area contributed by atoms with E-state index in [9.17, 15) is 9.59 Å². The van der Waals surface area contributed by atoms with Gasteiger partial charge in [-0.15, -0.1) is 0 Å². The number of ether oxygens (including phenoxy) is 3. The average molecular weight is 541 g/mol. The molecule has 0 saturated carbocycles. The Bertz CT molecular complexity index is 1360. The van der Waals surface area contributed by atoms with E-state index in [0.717, 1.165) is 0 Å². The standard InChI is InChI=1S/C26H21ClN2O5S2/c1-32-20-9-4-3-8-19(20)28-24(30)15-34-21-11-10-16(12-22(21)33-2)13-23-25(31)29(26(35)36-23)18-7-5-6-17(27)14-18/h3-14H,15H2,1-2H3,(H,28,30)/b23-13+. The molecule has 1 heterocycles. The van der Waals surface area contributed by atoms with E-state index in [1.165, 1.54) is 30.9 Å². The first-order valence-electron chi connectivity index (χ1n) is 10.7. The monoisotopic (exact) mass is 540 g/mol. The summed E-state index contributed by atoms with van der Waals surface area (Å²) >= 11 is 12.7. The van der Waals surface area contributed by atoms with Crippen molar-refractivity contribution in [1.29, 1.82) is 0 Å². The number of para-hydroxylation sites is 2. The maximum Gasteiger partial charge on any atom is 0.270 e.